The number of aromatic nitrogens is 2. The lowest BCUT2D eigenvalue weighted by molar-refractivity contribution is 0.0733. The van der Waals surface area contributed by atoms with Crippen LogP contribution in [0.4, 0.5) is 4.39 Å². The van der Waals surface area contributed by atoms with Gasteiger partial charge in [-0.05, 0) is 60.5 Å². The van der Waals surface area contributed by atoms with Crippen LogP contribution in [0.3, 0.4) is 0 Å². The molecule has 0 aliphatic heterocycles. The van der Waals surface area contributed by atoms with Gasteiger partial charge in [0.25, 0.3) is 0 Å². The van der Waals surface area contributed by atoms with E-state index in [1.165, 1.54) is 12.5 Å². The molecule has 1 saturated carbocycles. The van der Waals surface area contributed by atoms with Crippen molar-refractivity contribution < 1.29 is 4.39 Å². The van der Waals surface area contributed by atoms with Crippen LogP contribution < -0.4 is 0 Å². The number of rotatable bonds is 1. The van der Waals surface area contributed by atoms with Crippen molar-refractivity contribution in [3.63, 3.8) is 0 Å². The minimum atomic E-state index is -0.209. The largest absolute Gasteiger partial charge is 0.331 e. The molecule has 1 aromatic heterocycles. The Hall–Kier alpha value is -1.16. The summed E-state index contributed by atoms with van der Waals surface area (Å²) in [5, 5.41) is 0. The van der Waals surface area contributed by atoms with Gasteiger partial charge in [-0.2, -0.15) is 0 Å². The van der Waals surface area contributed by atoms with Crippen molar-refractivity contribution in [1.82, 2.24) is 9.55 Å². The van der Waals surface area contributed by atoms with Crippen molar-refractivity contribution in [3.8, 4) is 0 Å². The number of halogens is 1. The number of nitrogens with zero attached hydrogens (tertiary/aromatic N) is 1. The number of aromatic amines is 1. The van der Waals surface area contributed by atoms with Crippen molar-refractivity contribution in [1.29, 1.82) is 0 Å². The molecule has 1 fully saturated rings. The highest BCUT2D eigenvalue weighted by molar-refractivity contribution is 7.71. The Bertz CT molecular complexity index is 723. The molecule has 0 amide bonds. The van der Waals surface area contributed by atoms with Crippen LogP contribution in [0.1, 0.15) is 53.0 Å². The number of hydrogen-bond donors (Lipinski definition) is 1. The quantitative estimate of drug-likeness (QED) is 0.679. The number of H-pyrrole nitrogens is 1. The zero-order valence-electron chi connectivity index (χ0n) is 13.2. The van der Waals surface area contributed by atoms with Gasteiger partial charge in [-0.3, -0.25) is 0 Å². The molecule has 21 heavy (non-hydrogen) atoms. The summed E-state index contributed by atoms with van der Waals surface area (Å²) in [6, 6.07) is 5.17. The molecule has 0 radical (unpaired) electrons. The Morgan fingerprint density at radius 2 is 1.81 bits per heavy atom. The maximum atomic E-state index is 13.6. The number of benzene rings is 1. The van der Waals surface area contributed by atoms with Gasteiger partial charge in [0, 0.05) is 6.04 Å². The van der Waals surface area contributed by atoms with Gasteiger partial charge in [-0.25, -0.2) is 4.39 Å². The SMILES string of the molecule is CC1(C)CC(n2c(=S)[nH]c3ccc(F)cc32)CC(C)(C)C1. The van der Waals surface area contributed by atoms with Gasteiger partial charge in [0.1, 0.15) is 5.82 Å². The molecule has 114 valence electrons. The van der Waals surface area contributed by atoms with Crippen LogP contribution in [-0.4, -0.2) is 9.55 Å². The maximum Gasteiger partial charge on any atom is 0.178 e. The summed E-state index contributed by atoms with van der Waals surface area (Å²) in [5.74, 6) is -0.209. The normalized spacial score (nSPS) is 21.8. The number of fused-ring (bicyclic) bond motifs is 1. The van der Waals surface area contributed by atoms with Crippen LogP contribution in [0.5, 0.6) is 0 Å². The molecular weight excluding hydrogens is 283 g/mol. The lowest BCUT2D eigenvalue weighted by Crippen LogP contribution is -2.35. The molecule has 2 nitrogen and oxygen atoms in total. The first kappa shape index (κ1) is 14.8. The predicted octanol–water partition coefficient (Wildman–Crippen LogP) is 5.62. The minimum absolute atomic E-state index is 0.209. The first-order valence-corrected chi connectivity index (χ1v) is 7.98. The molecule has 0 bridgehead atoms. The molecule has 0 spiro atoms. The van der Waals surface area contributed by atoms with E-state index < -0.39 is 0 Å². The molecule has 0 saturated heterocycles. The van der Waals surface area contributed by atoms with Gasteiger partial charge >= 0.3 is 0 Å². The second kappa shape index (κ2) is 4.67. The fraction of sp³-hybridized carbons (Fsp3) is 0.588. The van der Waals surface area contributed by atoms with E-state index in [1.807, 2.05) is 0 Å². The summed E-state index contributed by atoms with van der Waals surface area (Å²) in [7, 11) is 0. The summed E-state index contributed by atoms with van der Waals surface area (Å²) in [5.41, 5.74) is 2.36. The van der Waals surface area contributed by atoms with E-state index in [1.54, 1.807) is 12.1 Å². The minimum Gasteiger partial charge on any atom is -0.331 e. The molecule has 1 N–H and O–H groups in total. The summed E-state index contributed by atoms with van der Waals surface area (Å²) in [4.78, 5) is 3.22. The summed E-state index contributed by atoms with van der Waals surface area (Å²) < 4.78 is 16.5. The molecule has 0 atom stereocenters. The van der Waals surface area contributed by atoms with Crippen LogP contribution in [0.15, 0.2) is 18.2 Å². The van der Waals surface area contributed by atoms with Crippen molar-refractivity contribution in [2.24, 2.45) is 10.8 Å². The number of hydrogen-bond acceptors (Lipinski definition) is 1. The summed E-state index contributed by atoms with van der Waals surface area (Å²) in [6.45, 7) is 9.28. The average molecular weight is 306 g/mol. The molecule has 1 aromatic carbocycles. The van der Waals surface area contributed by atoms with Crippen molar-refractivity contribution in [2.75, 3.05) is 0 Å². The fourth-order valence-electron chi connectivity index (χ4n) is 4.43. The van der Waals surface area contributed by atoms with Gasteiger partial charge in [-0.1, -0.05) is 27.7 Å². The first-order valence-electron chi connectivity index (χ1n) is 7.57. The van der Waals surface area contributed by atoms with Crippen LogP contribution >= 0.6 is 12.2 Å². The third-order valence-electron chi connectivity index (χ3n) is 4.58. The number of nitrogens with one attached hydrogen (secondary N) is 1. The summed E-state index contributed by atoms with van der Waals surface area (Å²) in [6.07, 6.45) is 3.36. The molecule has 1 aliphatic carbocycles. The first-order chi connectivity index (χ1) is 9.67. The van der Waals surface area contributed by atoms with E-state index in [2.05, 4.69) is 37.2 Å². The zero-order chi connectivity index (χ0) is 15.4. The highest BCUT2D eigenvalue weighted by Gasteiger charge is 2.39. The highest BCUT2D eigenvalue weighted by Crippen LogP contribution is 2.50. The molecule has 0 unspecified atom stereocenters. The molecule has 1 aliphatic rings. The molecule has 3 rings (SSSR count). The van der Waals surface area contributed by atoms with Crippen LogP contribution in [-0.2, 0) is 0 Å². The van der Waals surface area contributed by atoms with Crippen molar-refractivity contribution >= 4 is 23.3 Å². The maximum absolute atomic E-state index is 13.6. The Labute approximate surface area is 130 Å². The van der Waals surface area contributed by atoms with E-state index in [9.17, 15) is 4.39 Å². The molecular formula is C17H23FN2S. The van der Waals surface area contributed by atoms with Crippen LogP contribution in [0.2, 0.25) is 0 Å². The van der Waals surface area contributed by atoms with Gasteiger partial charge in [0.2, 0.25) is 0 Å². The van der Waals surface area contributed by atoms with E-state index >= 15 is 0 Å². The Morgan fingerprint density at radius 3 is 2.43 bits per heavy atom. The average Bonchev–Trinajstić information content (AvgIpc) is 2.60. The zero-order valence-corrected chi connectivity index (χ0v) is 14.0. The second-order valence-corrected chi connectivity index (χ2v) is 8.42. The molecule has 4 heteroatoms. The van der Waals surface area contributed by atoms with Gasteiger partial charge in [0.15, 0.2) is 4.77 Å². The van der Waals surface area contributed by atoms with E-state index in [0.29, 0.717) is 10.8 Å². The highest BCUT2D eigenvalue weighted by atomic mass is 32.1. The topological polar surface area (TPSA) is 20.7 Å². The van der Waals surface area contributed by atoms with E-state index in [-0.39, 0.29) is 16.6 Å². The third-order valence-corrected chi connectivity index (χ3v) is 4.88. The molecule has 2 aromatic rings. The Morgan fingerprint density at radius 1 is 1.19 bits per heavy atom. The van der Waals surface area contributed by atoms with Gasteiger partial charge in [0.05, 0.1) is 11.0 Å². The third kappa shape index (κ3) is 2.78. The molecule has 1 heterocycles. The van der Waals surface area contributed by atoms with Gasteiger partial charge in [-0.15, -0.1) is 0 Å². The smallest absolute Gasteiger partial charge is 0.178 e. The van der Waals surface area contributed by atoms with Gasteiger partial charge < -0.3 is 9.55 Å². The number of imidazole rings is 1. The Kier molecular flexibility index (Phi) is 3.28. The monoisotopic (exact) mass is 306 g/mol. The lowest BCUT2D eigenvalue weighted by Gasteiger charge is -2.45. The van der Waals surface area contributed by atoms with Crippen molar-refractivity contribution in [3.05, 3.63) is 28.8 Å². The standard InChI is InChI=1S/C17H23FN2S/c1-16(2)8-12(9-17(3,4)10-16)20-14-7-11(18)5-6-13(14)19-15(20)21/h5-7,12H,8-10H2,1-4H3,(H,19,21). The van der Waals surface area contributed by atoms with E-state index in [4.69, 9.17) is 12.2 Å². The van der Waals surface area contributed by atoms with Crippen molar-refractivity contribution in [2.45, 2.75) is 53.0 Å². The van der Waals surface area contributed by atoms with Crippen LogP contribution in [0.25, 0.3) is 11.0 Å². The predicted molar refractivity (Wildman–Crippen MR) is 87.5 cm³/mol. The second-order valence-electron chi connectivity index (χ2n) is 8.03. The summed E-state index contributed by atoms with van der Waals surface area (Å²) >= 11 is 5.51. The Balaban J connectivity index is 2.13. The van der Waals surface area contributed by atoms with E-state index in [0.717, 1.165) is 23.9 Å². The lowest BCUT2D eigenvalue weighted by atomic mass is 9.63. The van der Waals surface area contributed by atoms with Crippen LogP contribution in [0, 0.1) is 21.4 Å². The fourth-order valence-corrected chi connectivity index (χ4v) is 4.78.